The Morgan fingerprint density at radius 3 is 2.19 bits per heavy atom. The summed E-state index contributed by atoms with van der Waals surface area (Å²) in [6, 6.07) is 16.1. The molecule has 7 nitrogen and oxygen atoms in total. The molecule has 1 atom stereocenters. The van der Waals surface area contributed by atoms with Gasteiger partial charge in [0.1, 0.15) is 6.61 Å². The number of hydrogen-bond acceptors (Lipinski definition) is 4. The van der Waals surface area contributed by atoms with Gasteiger partial charge < -0.3 is 20.1 Å². The molecular weight excluding hydrogens is 408 g/mol. The van der Waals surface area contributed by atoms with E-state index < -0.39 is 12.1 Å². The number of alkyl carbamates (subject to hydrolysis) is 1. The number of nitrogens with one attached hydrogen (secondary N) is 1. The van der Waals surface area contributed by atoms with Crippen molar-refractivity contribution in [1.29, 1.82) is 0 Å². The standard InChI is InChI=1S/C25H30N2O5/c1-3-27(15-14-24(29)30)23(28)13-12-17(2)26-25(31)32-16-22-20-10-6-4-8-18(20)19-9-5-7-11-21(19)22/h4-11,17,22H,3,12-16H2,1-2H3,(H,26,31)(H,29,30). The van der Waals surface area contributed by atoms with Crippen LogP contribution in [0.25, 0.3) is 11.1 Å². The molecule has 3 rings (SSSR count). The van der Waals surface area contributed by atoms with E-state index in [1.165, 1.54) is 16.0 Å². The normalized spacial score (nSPS) is 13.1. The van der Waals surface area contributed by atoms with Crippen LogP contribution in [-0.4, -0.2) is 53.7 Å². The first kappa shape index (κ1) is 23.3. The summed E-state index contributed by atoms with van der Waals surface area (Å²) in [5, 5.41) is 11.6. The fourth-order valence-corrected chi connectivity index (χ4v) is 4.10. The Morgan fingerprint density at radius 2 is 1.62 bits per heavy atom. The highest BCUT2D eigenvalue weighted by atomic mass is 16.5. The van der Waals surface area contributed by atoms with Gasteiger partial charge in [-0.25, -0.2) is 4.79 Å². The number of carbonyl (C=O) groups is 3. The van der Waals surface area contributed by atoms with Gasteiger partial charge in [-0.05, 0) is 42.5 Å². The fraction of sp³-hybridized carbons (Fsp3) is 0.400. The van der Waals surface area contributed by atoms with Crippen LogP contribution in [0.2, 0.25) is 0 Å². The Kier molecular flexibility index (Phi) is 7.87. The van der Waals surface area contributed by atoms with Crippen LogP contribution in [0, 0.1) is 0 Å². The van der Waals surface area contributed by atoms with E-state index in [1.54, 1.807) is 0 Å². The van der Waals surface area contributed by atoms with E-state index in [-0.39, 0.29) is 43.9 Å². The number of hydrogen-bond donors (Lipinski definition) is 2. The molecule has 1 aliphatic rings. The van der Waals surface area contributed by atoms with E-state index in [2.05, 4.69) is 29.6 Å². The van der Waals surface area contributed by atoms with Crippen molar-refractivity contribution < 1.29 is 24.2 Å². The van der Waals surface area contributed by atoms with Gasteiger partial charge in [0.2, 0.25) is 5.91 Å². The summed E-state index contributed by atoms with van der Waals surface area (Å²) in [7, 11) is 0. The zero-order valence-corrected chi connectivity index (χ0v) is 18.5. The van der Waals surface area contributed by atoms with Crippen molar-refractivity contribution in [1.82, 2.24) is 10.2 Å². The second-order valence-electron chi connectivity index (χ2n) is 8.03. The average Bonchev–Trinajstić information content (AvgIpc) is 3.10. The van der Waals surface area contributed by atoms with Crippen LogP contribution in [0.15, 0.2) is 48.5 Å². The lowest BCUT2D eigenvalue weighted by molar-refractivity contribution is -0.138. The second-order valence-corrected chi connectivity index (χ2v) is 8.03. The molecule has 0 saturated carbocycles. The predicted octanol–water partition coefficient (Wildman–Crippen LogP) is 4.02. The molecule has 0 fully saturated rings. The molecule has 1 unspecified atom stereocenters. The first-order chi connectivity index (χ1) is 15.4. The minimum atomic E-state index is -0.929. The first-order valence-corrected chi connectivity index (χ1v) is 11.0. The van der Waals surface area contributed by atoms with Crippen molar-refractivity contribution in [3.63, 3.8) is 0 Å². The highest BCUT2D eigenvalue weighted by Gasteiger charge is 2.29. The summed E-state index contributed by atoms with van der Waals surface area (Å²) < 4.78 is 5.54. The minimum Gasteiger partial charge on any atom is -0.481 e. The molecule has 0 saturated heterocycles. The Bertz CT molecular complexity index is 929. The smallest absolute Gasteiger partial charge is 0.407 e. The van der Waals surface area contributed by atoms with Gasteiger partial charge in [0.25, 0.3) is 0 Å². The summed E-state index contributed by atoms with van der Waals surface area (Å²) in [5.41, 5.74) is 4.65. The highest BCUT2D eigenvalue weighted by molar-refractivity contribution is 5.79. The van der Waals surface area contributed by atoms with Gasteiger partial charge in [-0.1, -0.05) is 48.5 Å². The van der Waals surface area contributed by atoms with Crippen LogP contribution in [0.4, 0.5) is 4.79 Å². The van der Waals surface area contributed by atoms with E-state index >= 15 is 0 Å². The molecule has 0 heterocycles. The van der Waals surface area contributed by atoms with Crippen molar-refractivity contribution in [2.75, 3.05) is 19.7 Å². The van der Waals surface area contributed by atoms with Crippen LogP contribution < -0.4 is 5.32 Å². The van der Waals surface area contributed by atoms with Crippen LogP contribution >= 0.6 is 0 Å². The molecule has 2 amide bonds. The summed E-state index contributed by atoms with van der Waals surface area (Å²) in [6.07, 6.45) is 0.0999. The number of carboxylic acids is 1. The SMILES string of the molecule is CCN(CCC(=O)O)C(=O)CCC(C)NC(=O)OCC1c2ccccc2-c2ccccc21. The topological polar surface area (TPSA) is 95.9 Å². The van der Waals surface area contributed by atoms with Crippen LogP contribution in [-0.2, 0) is 14.3 Å². The maximum Gasteiger partial charge on any atom is 0.407 e. The number of nitrogens with zero attached hydrogens (tertiary/aromatic N) is 1. The summed E-state index contributed by atoms with van der Waals surface area (Å²) >= 11 is 0. The van der Waals surface area contributed by atoms with E-state index in [0.29, 0.717) is 13.0 Å². The third-order valence-corrected chi connectivity index (χ3v) is 5.83. The van der Waals surface area contributed by atoms with Gasteiger partial charge in [-0.2, -0.15) is 0 Å². The zero-order chi connectivity index (χ0) is 23.1. The van der Waals surface area contributed by atoms with Crippen molar-refractivity contribution in [2.45, 2.75) is 45.1 Å². The highest BCUT2D eigenvalue weighted by Crippen LogP contribution is 2.44. The Morgan fingerprint density at radius 1 is 1.03 bits per heavy atom. The lowest BCUT2D eigenvalue weighted by Crippen LogP contribution is -2.37. The van der Waals surface area contributed by atoms with E-state index in [4.69, 9.17) is 9.84 Å². The number of rotatable bonds is 10. The summed E-state index contributed by atoms with van der Waals surface area (Å²) in [6.45, 7) is 4.53. The monoisotopic (exact) mass is 438 g/mol. The molecule has 1 aliphatic carbocycles. The Balaban J connectivity index is 1.48. The molecule has 2 aromatic carbocycles. The summed E-state index contributed by atoms with van der Waals surface area (Å²) in [4.78, 5) is 36.9. The largest absolute Gasteiger partial charge is 0.481 e. The van der Waals surface area contributed by atoms with Crippen LogP contribution in [0.5, 0.6) is 0 Å². The molecule has 32 heavy (non-hydrogen) atoms. The lowest BCUT2D eigenvalue weighted by Gasteiger charge is -2.21. The molecule has 0 aliphatic heterocycles. The molecule has 0 bridgehead atoms. The average molecular weight is 439 g/mol. The molecule has 7 heteroatoms. The molecule has 0 spiro atoms. The quantitative estimate of drug-likeness (QED) is 0.584. The van der Waals surface area contributed by atoms with Crippen LogP contribution in [0.3, 0.4) is 0 Å². The van der Waals surface area contributed by atoms with E-state index in [1.807, 2.05) is 38.1 Å². The first-order valence-electron chi connectivity index (χ1n) is 11.0. The van der Waals surface area contributed by atoms with Crippen LogP contribution in [0.1, 0.15) is 50.2 Å². The van der Waals surface area contributed by atoms with Gasteiger partial charge in [0.05, 0.1) is 6.42 Å². The number of aliphatic carboxylic acids is 1. The van der Waals surface area contributed by atoms with Crippen molar-refractivity contribution in [3.05, 3.63) is 59.7 Å². The number of amides is 2. The molecule has 170 valence electrons. The third kappa shape index (κ3) is 5.66. The third-order valence-electron chi connectivity index (χ3n) is 5.83. The molecule has 2 aromatic rings. The van der Waals surface area contributed by atoms with Crippen molar-refractivity contribution >= 4 is 18.0 Å². The lowest BCUT2D eigenvalue weighted by atomic mass is 9.98. The maximum absolute atomic E-state index is 12.4. The number of benzene rings is 2. The molecule has 0 aromatic heterocycles. The molecule has 2 N–H and O–H groups in total. The summed E-state index contributed by atoms with van der Waals surface area (Å²) in [5.74, 6) is -1.05. The van der Waals surface area contributed by atoms with Gasteiger partial charge >= 0.3 is 12.1 Å². The number of ether oxygens (including phenoxy) is 1. The number of carbonyl (C=O) groups excluding carboxylic acids is 2. The fourth-order valence-electron chi connectivity index (χ4n) is 4.10. The van der Waals surface area contributed by atoms with Crippen molar-refractivity contribution in [2.24, 2.45) is 0 Å². The molecular formula is C25H30N2O5. The second kappa shape index (κ2) is 10.8. The van der Waals surface area contributed by atoms with E-state index in [0.717, 1.165) is 11.1 Å². The predicted molar refractivity (Wildman–Crippen MR) is 121 cm³/mol. The maximum atomic E-state index is 12.4. The number of carboxylic acid groups (broad SMARTS) is 1. The van der Waals surface area contributed by atoms with Gasteiger partial charge in [-0.15, -0.1) is 0 Å². The van der Waals surface area contributed by atoms with Gasteiger partial charge in [0.15, 0.2) is 0 Å². The Labute approximate surface area is 188 Å². The Hall–Kier alpha value is -3.35. The van der Waals surface area contributed by atoms with E-state index in [9.17, 15) is 14.4 Å². The minimum absolute atomic E-state index is 0.00242. The molecule has 0 radical (unpaired) electrons. The van der Waals surface area contributed by atoms with Gasteiger partial charge in [0, 0.05) is 31.5 Å². The van der Waals surface area contributed by atoms with Crippen molar-refractivity contribution in [3.8, 4) is 11.1 Å². The van der Waals surface area contributed by atoms with Gasteiger partial charge in [-0.3, -0.25) is 9.59 Å². The zero-order valence-electron chi connectivity index (χ0n) is 18.5. The number of fused-ring (bicyclic) bond motifs is 3.